The number of alkyl halides is 3. The minimum atomic E-state index is -4.37. The van der Waals surface area contributed by atoms with Gasteiger partial charge in [0.25, 0.3) is 0 Å². The summed E-state index contributed by atoms with van der Waals surface area (Å²) in [6.07, 6.45) is -4.37. The zero-order valence-corrected chi connectivity index (χ0v) is 7.84. The first-order valence-electron chi connectivity index (χ1n) is 4.08. The fourth-order valence-corrected chi connectivity index (χ4v) is 1.94. The van der Waals surface area contributed by atoms with Crippen molar-refractivity contribution in [2.45, 2.75) is 19.3 Å². The molecule has 0 unspecified atom stereocenters. The Hall–Kier alpha value is -0.740. The summed E-state index contributed by atoms with van der Waals surface area (Å²) in [5.41, 5.74) is 0.272. The van der Waals surface area contributed by atoms with Gasteiger partial charge in [-0.15, -0.1) is 0 Å². The number of rotatable bonds is 0. The number of fused-ring (bicyclic) bond motifs is 1. The van der Waals surface area contributed by atoms with Crippen LogP contribution in [0.1, 0.15) is 16.7 Å². The average Bonchev–Trinajstić information content (AvgIpc) is 2.48. The Kier molecular flexibility index (Phi) is 2.20. The molecule has 0 amide bonds. The lowest BCUT2D eigenvalue weighted by atomic mass is 10.0. The van der Waals surface area contributed by atoms with E-state index >= 15 is 0 Å². The van der Waals surface area contributed by atoms with Gasteiger partial charge in [0.2, 0.25) is 0 Å². The second-order valence-corrected chi connectivity index (χ2v) is 3.57. The number of nitrogens with one attached hydrogen (secondary N) is 1. The molecule has 0 aromatic heterocycles. The van der Waals surface area contributed by atoms with Crippen molar-refractivity contribution in [1.82, 2.24) is 5.32 Å². The summed E-state index contributed by atoms with van der Waals surface area (Å²) >= 11 is 5.54. The first-order valence-corrected chi connectivity index (χ1v) is 4.46. The molecule has 0 fully saturated rings. The molecular formula is C9H7ClF3N. The summed E-state index contributed by atoms with van der Waals surface area (Å²) in [5.74, 6) is 0. The number of benzene rings is 1. The third-order valence-corrected chi connectivity index (χ3v) is 2.57. The van der Waals surface area contributed by atoms with Gasteiger partial charge in [0.05, 0.1) is 10.6 Å². The van der Waals surface area contributed by atoms with Crippen molar-refractivity contribution in [3.05, 3.63) is 33.8 Å². The number of hydrogen-bond donors (Lipinski definition) is 1. The van der Waals surface area contributed by atoms with Crippen LogP contribution in [0.2, 0.25) is 5.02 Å². The minimum absolute atomic E-state index is 0.222. The summed E-state index contributed by atoms with van der Waals surface area (Å²) in [7, 11) is 0. The highest BCUT2D eigenvalue weighted by Crippen LogP contribution is 2.39. The number of hydrogen-bond acceptors (Lipinski definition) is 1. The predicted molar refractivity (Wildman–Crippen MR) is 47.0 cm³/mol. The van der Waals surface area contributed by atoms with Crippen molar-refractivity contribution < 1.29 is 13.2 Å². The molecule has 0 saturated carbocycles. The average molecular weight is 222 g/mol. The first kappa shape index (κ1) is 9.80. The molecule has 76 valence electrons. The molecule has 0 atom stereocenters. The van der Waals surface area contributed by atoms with Crippen molar-refractivity contribution in [2.24, 2.45) is 0 Å². The molecule has 0 bridgehead atoms. The third-order valence-electron chi connectivity index (χ3n) is 2.26. The molecule has 14 heavy (non-hydrogen) atoms. The van der Waals surface area contributed by atoms with Gasteiger partial charge in [-0.3, -0.25) is 0 Å². The summed E-state index contributed by atoms with van der Waals surface area (Å²) < 4.78 is 37.8. The maximum atomic E-state index is 12.6. The molecule has 1 heterocycles. The number of halogens is 4. The Morgan fingerprint density at radius 1 is 1.21 bits per heavy atom. The Morgan fingerprint density at radius 2 is 1.93 bits per heavy atom. The van der Waals surface area contributed by atoms with Crippen LogP contribution in [0.3, 0.4) is 0 Å². The zero-order valence-electron chi connectivity index (χ0n) is 7.08. The van der Waals surface area contributed by atoms with Gasteiger partial charge in [0, 0.05) is 13.1 Å². The molecule has 1 N–H and O–H groups in total. The van der Waals surface area contributed by atoms with Gasteiger partial charge in [-0.05, 0) is 17.2 Å². The molecule has 1 aliphatic rings. The van der Waals surface area contributed by atoms with Gasteiger partial charge in [-0.1, -0.05) is 17.7 Å². The normalized spacial score (nSPS) is 15.7. The van der Waals surface area contributed by atoms with Crippen LogP contribution in [-0.4, -0.2) is 0 Å². The second-order valence-electron chi connectivity index (χ2n) is 3.16. The van der Waals surface area contributed by atoms with Crippen LogP contribution in [-0.2, 0) is 19.3 Å². The van der Waals surface area contributed by atoms with E-state index in [1.54, 1.807) is 6.07 Å². The van der Waals surface area contributed by atoms with Crippen molar-refractivity contribution >= 4 is 11.6 Å². The van der Waals surface area contributed by atoms with E-state index in [2.05, 4.69) is 5.32 Å². The lowest BCUT2D eigenvalue weighted by molar-refractivity contribution is -0.138. The molecule has 1 aliphatic heterocycles. The second kappa shape index (κ2) is 3.14. The first-order chi connectivity index (χ1) is 6.50. The summed E-state index contributed by atoms with van der Waals surface area (Å²) in [6, 6.07) is 2.93. The predicted octanol–water partition coefficient (Wildman–Crippen LogP) is 2.96. The van der Waals surface area contributed by atoms with Crippen LogP contribution in [0.25, 0.3) is 0 Å². The SMILES string of the molecule is FC(F)(F)c1c(Cl)ccc2c1CNC2. The monoisotopic (exact) mass is 221 g/mol. The highest BCUT2D eigenvalue weighted by Gasteiger charge is 2.37. The topological polar surface area (TPSA) is 12.0 Å². The van der Waals surface area contributed by atoms with E-state index in [0.29, 0.717) is 12.1 Å². The molecule has 1 aromatic carbocycles. The van der Waals surface area contributed by atoms with Crippen LogP contribution >= 0.6 is 11.6 Å². The molecule has 5 heteroatoms. The summed E-state index contributed by atoms with van der Waals surface area (Å²) in [6.45, 7) is 0.723. The van der Waals surface area contributed by atoms with E-state index in [4.69, 9.17) is 11.6 Å². The van der Waals surface area contributed by atoms with Crippen LogP contribution in [0.5, 0.6) is 0 Å². The van der Waals surface area contributed by atoms with E-state index in [-0.39, 0.29) is 17.1 Å². The largest absolute Gasteiger partial charge is 0.418 e. The van der Waals surface area contributed by atoms with Gasteiger partial charge < -0.3 is 5.32 Å². The van der Waals surface area contributed by atoms with Gasteiger partial charge in [-0.2, -0.15) is 13.2 Å². The highest BCUT2D eigenvalue weighted by atomic mass is 35.5. The van der Waals surface area contributed by atoms with Crippen molar-refractivity contribution in [3.63, 3.8) is 0 Å². The summed E-state index contributed by atoms with van der Waals surface area (Å²) in [5, 5.41) is 2.65. The Labute approximate surface area is 83.9 Å². The van der Waals surface area contributed by atoms with Gasteiger partial charge >= 0.3 is 6.18 Å². The highest BCUT2D eigenvalue weighted by molar-refractivity contribution is 6.31. The molecule has 1 nitrogen and oxygen atoms in total. The standard InChI is InChI=1S/C9H7ClF3N/c10-7-2-1-5-3-14-4-6(5)8(7)9(11,12)13/h1-2,14H,3-4H2. The summed E-state index contributed by atoms with van der Waals surface area (Å²) in [4.78, 5) is 0. The smallest absolute Gasteiger partial charge is 0.309 e. The molecule has 1 aromatic rings. The van der Waals surface area contributed by atoms with E-state index in [1.165, 1.54) is 6.07 Å². The van der Waals surface area contributed by atoms with Crippen molar-refractivity contribution in [2.75, 3.05) is 0 Å². The van der Waals surface area contributed by atoms with Crippen LogP contribution < -0.4 is 5.32 Å². The maximum Gasteiger partial charge on any atom is 0.418 e. The van der Waals surface area contributed by atoms with E-state index < -0.39 is 11.7 Å². The van der Waals surface area contributed by atoms with Gasteiger partial charge in [0.15, 0.2) is 0 Å². The molecule has 0 spiro atoms. The van der Waals surface area contributed by atoms with E-state index in [1.807, 2.05) is 0 Å². The Morgan fingerprint density at radius 3 is 2.57 bits per heavy atom. The lowest BCUT2D eigenvalue weighted by Crippen LogP contribution is -2.11. The fraction of sp³-hybridized carbons (Fsp3) is 0.333. The van der Waals surface area contributed by atoms with Crippen molar-refractivity contribution in [1.29, 1.82) is 0 Å². The quantitative estimate of drug-likeness (QED) is 0.710. The zero-order chi connectivity index (χ0) is 10.3. The lowest BCUT2D eigenvalue weighted by Gasteiger charge is -2.13. The van der Waals surface area contributed by atoms with Crippen molar-refractivity contribution in [3.8, 4) is 0 Å². The molecule has 0 aliphatic carbocycles. The Bertz CT molecular complexity index is 373. The van der Waals surface area contributed by atoms with Crippen LogP contribution in [0.4, 0.5) is 13.2 Å². The third kappa shape index (κ3) is 1.48. The van der Waals surface area contributed by atoms with E-state index in [0.717, 1.165) is 0 Å². The van der Waals surface area contributed by atoms with Crippen LogP contribution in [0, 0.1) is 0 Å². The molecule has 0 radical (unpaired) electrons. The maximum absolute atomic E-state index is 12.6. The van der Waals surface area contributed by atoms with Gasteiger partial charge in [-0.25, -0.2) is 0 Å². The Balaban J connectivity index is 2.63. The molecular weight excluding hydrogens is 215 g/mol. The minimum Gasteiger partial charge on any atom is -0.309 e. The van der Waals surface area contributed by atoms with Crippen LogP contribution in [0.15, 0.2) is 12.1 Å². The van der Waals surface area contributed by atoms with E-state index in [9.17, 15) is 13.2 Å². The fourth-order valence-electron chi connectivity index (χ4n) is 1.66. The molecule has 0 saturated heterocycles. The van der Waals surface area contributed by atoms with Gasteiger partial charge in [0.1, 0.15) is 0 Å². The molecule has 2 rings (SSSR count).